The van der Waals surface area contributed by atoms with Gasteiger partial charge in [-0.2, -0.15) is 0 Å². The molecule has 1 N–H and O–H groups in total. The van der Waals surface area contributed by atoms with Crippen LogP contribution in [0.3, 0.4) is 0 Å². The third kappa shape index (κ3) is 0.960. The summed E-state index contributed by atoms with van der Waals surface area (Å²) in [7, 11) is 0. The van der Waals surface area contributed by atoms with Crippen molar-refractivity contribution in [1.29, 1.82) is 0 Å². The normalized spacial score (nSPS) is 48.5. The van der Waals surface area contributed by atoms with Crippen molar-refractivity contribution < 1.29 is 14.7 Å². The molecule has 0 heterocycles. The van der Waals surface area contributed by atoms with E-state index in [1.165, 1.54) is 0 Å². The Morgan fingerprint density at radius 1 is 1.46 bits per heavy atom. The summed E-state index contributed by atoms with van der Waals surface area (Å²) in [4.78, 5) is 22.5. The SMILES string of the molecule is C[C@H]1[C@H]2C[C@H](C(=O)[C@@H]2C)[C@H]1C(=O)O. The van der Waals surface area contributed by atoms with Crippen LogP contribution in [0.15, 0.2) is 0 Å². The number of Topliss-reactive ketones (excluding diaryl/α,β-unsaturated/α-hetero) is 1. The number of carbonyl (C=O) groups excluding carboxylic acids is 1. The van der Waals surface area contributed by atoms with Gasteiger partial charge in [-0.1, -0.05) is 13.8 Å². The van der Waals surface area contributed by atoms with E-state index >= 15 is 0 Å². The van der Waals surface area contributed by atoms with Gasteiger partial charge in [0, 0.05) is 11.8 Å². The molecule has 2 fully saturated rings. The van der Waals surface area contributed by atoms with Gasteiger partial charge in [0.1, 0.15) is 5.78 Å². The second kappa shape index (κ2) is 2.56. The van der Waals surface area contributed by atoms with Crippen molar-refractivity contribution in [3.8, 4) is 0 Å². The fourth-order valence-corrected chi connectivity index (χ4v) is 3.19. The van der Waals surface area contributed by atoms with Crippen LogP contribution in [0.2, 0.25) is 0 Å². The molecule has 2 bridgehead atoms. The van der Waals surface area contributed by atoms with Gasteiger partial charge in [-0.3, -0.25) is 9.59 Å². The summed E-state index contributed by atoms with van der Waals surface area (Å²) in [6.45, 7) is 3.90. The maximum absolute atomic E-state index is 11.6. The number of carboxylic acids is 1. The smallest absolute Gasteiger partial charge is 0.307 e. The highest BCUT2D eigenvalue weighted by Gasteiger charge is 2.56. The average Bonchev–Trinajstić information content (AvgIpc) is 2.50. The number of hydrogen-bond donors (Lipinski definition) is 1. The van der Waals surface area contributed by atoms with Crippen molar-refractivity contribution in [1.82, 2.24) is 0 Å². The molecule has 5 atom stereocenters. The van der Waals surface area contributed by atoms with Gasteiger partial charge < -0.3 is 5.11 Å². The second-order valence-corrected chi connectivity index (χ2v) is 4.42. The first-order valence-corrected chi connectivity index (χ1v) is 4.80. The van der Waals surface area contributed by atoms with Crippen molar-refractivity contribution >= 4 is 11.8 Å². The van der Waals surface area contributed by atoms with Crippen LogP contribution in [0, 0.1) is 29.6 Å². The second-order valence-electron chi connectivity index (χ2n) is 4.42. The summed E-state index contributed by atoms with van der Waals surface area (Å²) in [6, 6.07) is 0. The lowest BCUT2D eigenvalue weighted by Crippen LogP contribution is -2.36. The third-order valence-corrected chi connectivity index (χ3v) is 3.94. The predicted molar refractivity (Wildman–Crippen MR) is 46.1 cm³/mol. The van der Waals surface area contributed by atoms with Crippen LogP contribution < -0.4 is 0 Å². The highest BCUT2D eigenvalue weighted by atomic mass is 16.4. The van der Waals surface area contributed by atoms with Crippen molar-refractivity contribution in [3.05, 3.63) is 0 Å². The van der Waals surface area contributed by atoms with Crippen LogP contribution in [0.1, 0.15) is 20.3 Å². The van der Waals surface area contributed by atoms with E-state index < -0.39 is 11.9 Å². The molecular weight excluding hydrogens is 168 g/mol. The molecule has 2 rings (SSSR count). The lowest BCUT2D eigenvalue weighted by atomic mass is 9.75. The van der Waals surface area contributed by atoms with Gasteiger partial charge in [0.2, 0.25) is 0 Å². The zero-order chi connectivity index (χ0) is 9.75. The Morgan fingerprint density at radius 3 is 2.54 bits per heavy atom. The Balaban J connectivity index is 2.29. The van der Waals surface area contributed by atoms with Crippen LogP contribution in [-0.4, -0.2) is 16.9 Å². The molecule has 3 nitrogen and oxygen atoms in total. The van der Waals surface area contributed by atoms with Gasteiger partial charge in [0.25, 0.3) is 0 Å². The summed E-state index contributed by atoms with van der Waals surface area (Å²) in [5.41, 5.74) is 0. The lowest BCUT2D eigenvalue weighted by Gasteiger charge is -2.28. The van der Waals surface area contributed by atoms with Gasteiger partial charge >= 0.3 is 5.97 Å². The molecule has 2 aliphatic carbocycles. The van der Waals surface area contributed by atoms with Crippen molar-refractivity contribution in [2.45, 2.75) is 20.3 Å². The Morgan fingerprint density at radius 2 is 2.08 bits per heavy atom. The van der Waals surface area contributed by atoms with E-state index in [0.717, 1.165) is 6.42 Å². The standard InChI is InChI=1S/C10H14O3/c1-4-6-3-7(8(4)10(12)13)9(11)5(6)2/h4-8H,3H2,1-2H3,(H,12,13)/t4-,5+,6+,7-,8-/m0/s1. The Labute approximate surface area is 77.1 Å². The molecule has 2 aliphatic rings. The van der Waals surface area contributed by atoms with Crippen LogP contribution >= 0.6 is 0 Å². The molecule has 0 aromatic rings. The molecule has 0 unspecified atom stereocenters. The van der Waals surface area contributed by atoms with Crippen LogP contribution in [0.25, 0.3) is 0 Å². The molecule has 0 aromatic carbocycles. The molecule has 0 aliphatic heterocycles. The molecule has 0 saturated heterocycles. The summed E-state index contributed by atoms with van der Waals surface area (Å²) >= 11 is 0. The van der Waals surface area contributed by atoms with Gasteiger partial charge in [0.15, 0.2) is 0 Å². The van der Waals surface area contributed by atoms with E-state index in [0.29, 0.717) is 5.92 Å². The number of hydrogen-bond acceptors (Lipinski definition) is 2. The zero-order valence-corrected chi connectivity index (χ0v) is 7.86. The molecule has 2 saturated carbocycles. The highest BCUT2D eigenvalue weighted by Crippen LogP contribution is 2.52. The van der Waals surface area contributed by atoms with E-state index in [2.05, 4.69) is 0 Å². The van der Waals surface area contributed by atoms with E-state index in [4.69, 9.17) is 5.11 Å². The predicted octanol–water partition coefficient (Wildman–Crippen LogP) is 1.18. The van der Waals surface area contributed by atoms with Crippen LogP contribution in [-0.2, 0) is 9.59 Å². The maximum atomic E-state index is 11.6. The van der Waals surface area contributed by atoms with Gasteiger partial charge in [-0.25, -0.2) is 0 Å². The van der Waals surface area contributed by atoms with Crippen LogP contribution in [0.4, 0.5) is 0 Å². The Hall–Kier alpha value is -0.860. The zero-order valence-electron chi connectivity index (χ0n) is 7.86. The Kier molecular flexibility index (Phi) is 1.72. The Bertz CT molecular complexity index is 271. The van der Waals surface area contributed by atoms with Gasteiger partial charge in [0.05, 0.1) is 5.92 Å². The fraction of sp³-hybridized carbons (Fsp3) is 0.800. The maximum Gasteiger partial charge on any atom is 0.307 e. The summed E-state index contributed by atoms with van der Waals surface area (Å²) in [5, 5.41) is 8.96. The number of rotatable bonds is 1. The van der Waals surface area contributed by atoms with Crippen molar-refractivity contribution in [2.75, 3.05) is 0 Å². The minimum Gasteiger partial charge on any atom is -0.481 e. The first-order chi connectivity index (χ1) is 6.04. The molecule has 13 heavy (non-hydrogen) atoms. The molecule has 3 heteroatoms. The van der Waals surface area contributed by atoms with E-state index in [1.807, 2.05) is 13.8 Å². The fourth-order valence-electron chi connectivity index (χ4n) is 3.19. The number of ketones is 1. The third-order valence-electron chi connectivity index (χ3n) is 3.94. The summed E-state index contributed by atoms with van der Waals surface area (Å²) in [5.74, 6) is -0.624. The molecule has 0 radical (unpaired) electrons. The van der Waals surface area contributed by atoms with Gasteiger partial charge in [-0.05, 0) is 18.3 Å². The lowest BCUT2D eigenvalue weighted by molar-refractivity contribution is -0.149. The van der Waals surface area contributed by atoms with Crippen molar-refractivity contribution in [2.24, 2.45) is 29.6 Å². The minimum absolute atomic E-state index is 0.0931. The van der Waals surface area contributed by atoms with Crippen molar-refractivity contribution in [3.63, 3.8) is 0 Å². The minimum atomic E-state index is -0.791. The molecule has 0 aromatic heterocycles. The monoisotopic (exact) mass is 182 g/mol. The summed E-state index contributed by atoms with van der Waals surface area (Å²) in [6.07, 6.45) is 0.804. The van der Waals surface area contributed by atoms with E-state index in [-0.39, 0.29) is 23.5 Å². The number of aliphatic carboxylic acids is 1. The largest absolute Gasteiger partial charge is 0.481 e. The first kappa shape index (κ1) is 8.73. The first-order valence-electron chi connectivity index (χ1n) is 4.80. The van der Waals surface area contributed by atoms with E-state index in [9.17, 15) is 9.59 Å². The molecule has 0 spiro atoms. The highest BCUT2D eigenvalue weighted by molar-refractivity contribution is 5.91. The summed E-state index contributed by atoms with van der Waals surface area (Å²) < 4.78 is 0. The topological polar surface area (TPSA) is 54.4 Å². The number of carbonyl (C=O) groups is 2. The number of fused-ring (bicyclic) bond motifs is 2. The quantitative estimate of drug-likeness (QED) is 0.662. The van der Waals surface area contributed by atoms with Crippen LogP contribution in [0.5, 0.6) is 0 Å². The van der Waals surface area contributed by atoms with E-state index in [1.54, 1.807) is 0 Å². The van der Waals surface area contributed by atoms with Gasteiger partial charge in [-0.15, -0.1) is 0 Å². The average molecular weight is 182 g/mol. The molecular formula is C10H14O3. The molecule has 0 amide bonds. The molecule has 72 valence electrons. The number of carboxylic acid groups (broad SMARTS) is 1.